The van der Waals surface area contributed by atoms with Gasteiger partial charge in [-0.2, -0.15) is 0 Å². The Labute approximate surface area is 144 Å². The van der Waals surface area contributed by atoms with Gasteiger partial charge in [0.15, 0.2) is 0 Å². The lowest BCUT2D eigenvalue weighted by Gasteiger charge is -2.47. The molecule has 0 aromatic carbocycles. The summed E-state index contributed by atoms with van der Waals surface area (Å²) in [6.45, 7) is 4.72. The lowest BCUT2D eigenvalue weighted by atomic mass is 9.89. The first-order chi connectivity index (χ1) is 11.3. The van der Waals surface area contributed by atoms with Crippen LogP contribution in [0.5, 0.6) is 0 Å². The van der Waals surface area contributed by atoms with Gasteiger partial charge in [0.05, 0.1) is 19.1 Å². The van der Waals surface area contributed by atoms with Gasteiger partial charge >= 0.3 is 11.9 Å². The SMILES string of the molecule is CCOC(=O)CCSC=C(C)C1C(NC(C)=O)C(=O)N1CC(=O)O. The molecule has 0 saturated carbocycles. The Balaban J connectivity index is 2.66. The molecule has 2 amide bonds. The van der Waals surface area contributed by atoms with Crippen LogP contribution in [-0.2, 0) is 23.9 Å². The molecule has 8 nitrogen and oxygen atoms in total. The molecule has 1 aliphatic rings. The molecule has 1 fully saturated rings. The summed E-state index contributed by atoms with van der Waals surface area (Å²) in [5, 5.41) is 13.2. The van der Waals surface area contributed by atoms with Crippen LogP contribution in [0.25, 0.3) is 0 Å². The molecule has 1 aliphatic heterocycles. The van der Waals surface area contributed by atoms with Gasteiger partial charge in [0, 0.05) is 12.7 Å². The second-order valence-electron chi connectivity index (χ2n) is 5.27. The molecule has 2 atom stereocenters. The van der Waals surface area contributed by atoms with Gasteiger partial charge in [-0.05, 0) is 24.8 Å². The van der Waals surface area contributed by atoms with E-state index in [9.17, 15) is 19.2 Å². The Hall–Kier alpha value is -2.03. The average molecular weight is 358 g/mol. The summed E-state index contributed by atoms with van der Waals surface area (Å²) in [5.41, 5.74) is 0.753. The van der Waals surface area contributed by atoms with Gasteiger partial charge in [0.2, 0.25) is 11.8 Å². The number of carboxylic acids is 1. The van der Waals surface area contributed by atoms with Crippen LogP contribution in [0, 0.1) is 0 Å². The number of amides is 2. The second-order valence-corrected chi connectivity index (χ2v) is 6.25. The number of nitrogens with one attached hydrogen (secondary N) is 1. The van der Waals surface area contributed by atoms with Crippen LogP contribution in [0.2, 0.25) is 0 Å². The van der Waals surface area contributed by atoms with Crippen LogP contribution in [0.1, 0.15) is 27.2 Å². The molecule has 0 aliphatic carbocycles. The van der Waals surface area contributed by atoms with Crippen LogP contribution in [0.4, 0.5) is 0 Å². The molecule has 1 heterocycles. The van der Waals surface area contributed by atoms with Gasteiger partial charge in [-0.15, -0.1) is 11.8 Å². The molecular formula is C15H22N2O6S. The zero-order valence-electron chi connectivity index (χ0n) is 13.9. The Morgan fingerprint density at radius 1 is 1.38 bits per heavy atom. The zero-order valence-corrected chi connectivity index (χ0v) is 14.7. The molecule has 1 rings (SSSR count). The Kier molecular flexibility index (Phi) is 7.76. The van der Waals surface area contributed by atoms with E-state index >= 15 is 0 Å². The van der Waals surface area contributed by atoms with Gasteiger partial charge in [-0.25, -0.2) is 0 Å². The first-order valence-electron chi connectivity index (χ1n) is 7.51. The van der Waals surface area contributed by atoms with Crippen molar-refractivity contribution in [2.75, 3.05) is 18.9 Å². The largest absolute Gasteiger partial charge is 0.480 e. The highest BCUT2D eigenvalue weighted by Gasteiger charge is 2.49. The first-order valence-corrected chi connectivity index (χ1v) is 8.56. The fourth-order valence-corrected chi connectivity index (χ4v) is 3.18. The van der Waals surface area contributed by atoms with E-state index in [4.69, 9.17) is 9.84 Å². The summed E-state index contributed by atoms with van der Waals surface area (Å²) in [6, 6.07) is -1.24. The van der Waals surface area contributed by atoms with E-state index in [1.807, 2.05) is 0 Å². The predicted molar refractivity (Wildman–Crippen MR) is 88.2 cm³/mol. The number of thioether (sulfide) groups is 1. The number of carboxylic acid groups (broad SMARTS) is 1. The molecule has 2 unspecified atom stereocenters. The number of hydrogen-bond donors (Lipinski definition) is 2. The van der Waals surface area contributed by atoms with E-state index in [0.717, 1.165) is 5.57 Å². The minimum absolute atomic E-state index is 0.264. The highest BCUT2D eigenvalue weighted by atomic mass is 32.2. The minimum Gasteiger partial charge on any atom is -0.480 e. The molecule has 9 heteroatoms. The zero-order chi connectivity index (χ0) is 18.3. The number of rotatable bonds is 9. The van der Waals surface area contributed by atoms with Crippen LogP contribution in [0.15, 0.2) is 11.0 Å². The number of nitrogens with zero attached hydrogens (tertiary/aromatic N) is 1. The van der Waals surface area contributed by atoms with Crippen molar-refractivity contribution in [2.45, 2.75) is 39.3 Å². The molecule has 0 aromatic heterocycles. The number of carbonyl (C=O) groups excluding carboxylic acids is 3. The van der Waals surface area contributed by atoms with Gasteiger partial charge < -0.3 is 20.1 Å². The van der Waals surface area contributed by atoms with Crippen molar-refractivity contribution >= 4 is 35.5 Å². The predicted octanol–water partition coefficient (Wildman–Crippen LogP) is 0.377. The highest BCUT2D eigenvalue weighted by Crippen LogP contribution is 2.28. The van der Waals surface area contributed by atoms with E-state index in [-0.39, 0.29) is 18.3 Å². The summed E-state index contributed by atoms with van der Waals surface area (Å²) in [7, 11) is 0. The lowest BCUT2D eigenvalue weighted by Crippen LogP contribution is -2.71. The number of ether oxygens (including phenoxy) is 1. The minimum atomic E-state index is -1.11. The molecule has 1 saturated heterocycles. The van der Waals surface area contributed by atoms with E-state index < -0.39 is 30.5 Å². The molecule has 0 spiro atoms. The third kappa shape index (κ3) is 5.55. The molecule has 0 bridgehead atoms. The van der Waals surface area contributed by atoms with Crippen molar-refractivity contribution in [1.29, 1.82) is 0 Å². The topological polar surface area (TPSA) is 113 Å². The Morgan fingerprint density at radius 2 is 2.04 bits per heavy atom. The molecular weight excluding hydrogens is 336 g/mol. The van der Waals surface area contributed by atoms with Crippen LogP contribution in [0.3, 0.4) is 0 Å². The number of carbonyl (C=O) groups is 4. The fourth-order valence-electron chi connectivity index (χ4n) is 2.37. The molecule has 0 radical (unpaired) electrons. The van der Waals surface area contributed by atoms with Crippen molar-refractivity contribution in [3.05, 3.63) is 11.0 Å². The van der Waals surface area contributed by atoms with Crippen molar-refractivity contribution in [3.63, 3.8) is 0 Å². The van der Waals surface area contributed by atoms with E-state index in [0.29, 0.717) is 12.4 Å². The van der Waals surface area contributed by atoms with Crippen molar-refractivity contribution in [2.24, 2.45) is 0 Å². The highest BCUT2D eigenvalue weighted by molar-refractivity contribution is 8.02. The molecule has 134 valence electrons. The quantitative estimate of drug-likeness (QED) is 0.348. The lowest BCUT2D eigenvalue weighted by molar-refractivity contribution is -0.157. The number of β-lactam (4-membered cyclic amide) rings is 1. The molecule has 2 N–H and O–H groups in total. The summed E-state index contributed by atoms with van der Waals surface area (Å²) in [4.78, 5) is 46.6. The van der Waals surface area contributed by atoms with Crippen LogP contribution in [-0.4, -0.2) is 64.7 Å². The van der Waals surface area contributed by atoms with Gasteiger partial charge in [-0.1, -0.05) is 0 Å². The van der Waals surface area contributed by atoms with Crippen molar-refractivity contribution < 1.29 is 29.0 Å². The molecule has 0 aromatic rings. The third-order valence-electron chi connectivity index (χ3n) is 3.33. The number of aliphatic carboxylic acids is 1. The summed E-state index contributed by atoms with van der Waals surface area (Å²) in [5.74, 6) is -1.64. The smallest absolute Gasteiger partial charge is 0.323 e. The summed E-state index contributed by atoms with van der Waals surface area (Å²) < 4.78 is 4.83. The number of hydrogen-bond acceptors (Lipinski definition) is 6. The van der Waals surface area contributed by atoms with Crippen molar-refractivity contribution in [1.82, 2.24) is 10.2 Å². The van der Waals surface area contributed by atoms with Gasteiger partial charge in [0.25, 0.3) is 0 Å². The normalized spacial score (nSPS) is 20.4. The number of likely N-dealkylation sites (tertiary alicyclic amines) is 1. The van der Waals surface area contributed by atoms with Crippen LogP contribution < -0.4 is 5.32 Å². The van der Waals surface area contributed by atoms with Gasteiger partial charge in [-0.3, -0.25) is 19.2 Å². The Bertz CT molecular complexity index is 522. The van der Waals surface area contributed by atoms with E-state index in [1.54, 1.807) is 19.3 Å². The second kappa shape index (κ2) is 9.31. The maximum absolute atomic E-state index is 12.0. The number of esters is 1. The maximum atomic E-state index is 12.0. The van der Waals surface area contributed by atoms with E-state index in [2.05, 4.69) is 5.32 Å². The fraction of sp³-hybridized carbons (Fsp3) is 0.600. The maximum Gasteiger partial charge on any atom is 0.323 e. The summed E-state index contributed by atoms with van der Waals surface area (Å²) >= 11 is 1.38. The molecule has 24 heavy (non-hydrogen) atoms. The average Bonchev–Trinajstić information content (AvgIpc) is 2.49. The standard InChI is InChI=1S/C15H22N2O6S/c1-4-23-12(21)5-6-24-8-9(2)14-13(16-10(3)18)15(22)17(14)7-11(19)20/h8,13-14H,4-7H2,1-3H3,(H,16,18)(H,19,20). The van der Waals surface area contributed by atoms with Crippen molar-refractivity contribution in [3.8, 4) is 0 Å². The monoisotopic (exact) mass is 358 g/mol. The third-order valence-corrected chi connectivity index (χ3v) is 4.31. The Morgan fingerprint density at radius 3 is 2.58 bits per heavy atom. The van der Waals surface area contributed by atoms with E-state index in [1.165, 1.54) is 23.6 Å². The van der Waals surface area contributed by atoms with Gasteiger partial charge in [0.1, 0.15) is 12.6 Å². The summed E-state index contributed by atoms with van der Waals surface area (Å²) in [6.07, 6.45) is 0.264. The van der Waals surface area contributed by atoms with Crippen LogP contribution >= 0.6 is 11.8 Å². The first kappa shape index (κ1) is 20.0.